The fraction of sp³-hybridized carbons (Fsp3) is 1.00. The lowest BCUT2D eigenvalue weighted by molar-refractivity contribution is -0.0712. The van der Waals surface area contributed by atoms with Gasteiger partial charge in [0, 0.05) is 18.6 Å². The van der Waals surface area contributed by atoms with Crippen LogP contribution in [0, 0.1) is 0 Å². The first kappa shape index (κ1) is 9.85. The third kappa shape index (κ3) is 1.58. The smallest absolute Gasteiger partial charge is 0.123 e. The highest BCUT2D eigenvalue weighted by Gasteiger charge is 2.37. The Labute approximate surface area is 71.4 Å². The van der Waals surface area contributed by atoms with Crippen molar-refractivity contribution in [3.8, 4) is 0 Å². The van der Waals surface area contributed by atoms with Gasteiger partial charge in [-0.3, -0.25) is 0 Å². The van der Waals surface area contributed by atoms with Crippen LogP contribution >= 0.6 is 0 Å². The van der Waals surface area contributed by atoms with Crippen molar-refractivity contribution < 1.29 is 4.74 Å². The van der Waals surface area contributed by atoms with Crippen LogP contribution in [0.25, 0.3) is 0 Å². The summed E-state index contributed by atoms with van der Waals surface area (Å²) in [5.41, 5.74) is 28.0. The Morgan fingerprint density at radius 2 is 1.50 bits per heavy atom. The van der Waals surface area contributed by atoms with E-state index in [4.69, 9.17) is 33.4 Å². The second-order valence-electron chi connectivity index (χ2n) is 3.11. The van der Waals surface area contributed by atoms with Gasteiger partial charge >= 0.3 is 0 Å². The van der Waals surface area contributed by atoms with Gasteiger partial charge in [0.1, 0.15) is 6.23 Å². The average molecular weight is 175 g/mol. The van der Waals surface area contributed by atoms with Crippen molar-refractivity contribution in [1.29, 1.82) is 0 Å². The molecule has 1 aliphatic heterocycles. The minimum absolute atomic E-state index is 0.283. The first-order valence-electron chi connectivity index (χ1n) is 3.95. The Hall–Kier alpha value is -0.240. The monoisotopic (exact) mass is 175 g/mol. The molecule has 6 heteroatoms. The molecule has 5 unspecified atom stereocenters. The molecule has 1 fully saturated rings. The third-order valence-electron chi connectivity index (χ3n) is 2.26. The lowest BCUT2D eigenvalue weighted by Gasteiger charge is -2.40. The molecule has 1 rings (SSSR count). The lowest BCUT2D eigenvalue weighted by atomic mass is 9.93. The van der Waals surface area contributed by atoms with E-state index in [1.165, 1.54) is 0 Å². The standard InChI is InChI=1S/C6H17N5O/c7-1-2-3(8)4(9)5(10)6(11)12-2/h2-6H,1,7-11H2. The third-order valence-corrected chi connectivity index (χ3v) is 2.26. The predicted octanol–water partition coefficient (Wildman–Crippen LogP) is -3.39. The molecule has 10 N–H and O–H groups in total. The molecule has 12 heavy (non-hydrogen) atoms. The molecule has 1 heterocycles. The Bertz CT molecular complexity index is 150. The first-order valence-corrected chi connectivity index (χ1v) is 3.95. The summed E-state index contributed by atoms with van der Waals surface area (Å²) in [6.07, 6.45) is -0.844. The first-order chi connectivity index (χ1) is 5.57. The Morgan fingerprint density at radius 1 is 0.917 bits per heavy atom. The summed E-state index contributed by atoms with van der Waals surface area (Å²) in [7, 11) is 0. The van der Waals surface area contributed by atoms with Crippen molar-refractivity contribution in [2.45, 2.75) is 30.5 Å². The van der Waals surface area contributed by atoms with Crippen molar-refractivity contribution in [2.75, 3.05) is 6.54 Å². The van der Waals surface area contributed by atoms with E-state index in [0.29, 0.717) is 6.54 Å². The maximum Gasteiger partial charge on any atom is 0.123 e. The van der Waals surface area contributed by atoms with Gasteiger partial charge in [0.2, 0.25) is 0 Å². The fourth-order valence-corrected chi connectivity index (χ4v) is 1.32. The van der Waals surface area contributed by atoms with E-state index >= 15 is 0 Å². The highest BCUT2D eigenvalue weighted by atomic mass is 16.5. The molecule has 0 aromatic heterocycles. The van der Waals surface area contributed by atoms with Crippen molar-refractivity contribution in [3.05, 3.63) is 0 Å². The van der Waals surface area contributed by atoms with Gasteiger partial charge in [-0.2, -0.15) is 0 Å². The molecule has 72 valence electrons. The zero-order chi connectivity index (χ0) is 9.30. The summed E-state index contributed by atoms with van der Waals surface area (Å²) < 4.78 is 5.25. The highest BCUT2D eigenvalue weighted by Crippen LogP contribution is 2.12. The van der Waals surface area contributed by atoms with Gasteiger partial charge in [0.05, 0.1) is 12.1 Å². The molecule has 0 amide bonds. The average Bonchev–Trinajstić information content (AvgIpc) is 2.08. The van der Waals surface area contributed by atoms with Gasteiger partial charge in [-0.1, -0.05) is 0 Å². The minimum atomic E-state index is -0.562. The van der Waals surface area contributed by atoms with Crippen molar-refractivity contribution in [1.82, 2.24) is 0 Å². The fourth-order valence-electron chi connectivity index (χ4n) is 1.32. The van der Waals surface area contributed by atoms with Crippen LogP contribution in [0.3, 0.4) is 0 Å². The Kier molecular flexibility index (Phi) is 2.99. The van der Waals surface area contributed by atoms with E-state index < -0.39 is 12.3 Å². The van der Waals surface area contributed by atoms with Crippen LogP contribution in [0.2, 0.25) is 0 Å². The Morgan fingerprint density at radius 3 is 2.00 bits per heavy atom. The number of ether oxygens (including phenoxy) is 1. The number of hydrogen-bond acceptors (Lipinski definition) is 6. The second-order valence-corrected chi connectivity index (χ2v) is 3.11. The topological polar surface area (TPSA) is 139 Å². The maximum absolute atomic E-state index is 5.72. The van der Waals surface area contributed by atoms with Gasteiger partial charge in [-0.05, 0) is 0 Å². The van der Waals surface area contributed by atoms with E-state index in [9.17, 15) is 0 Å². The number of rotatable bonds is 1. The summed E-state index contributed by atoms with van der Waals surface area (Å²) >= 11 is 0. The summed E-state index contributed by atoms with van der Waals surface area (Å²) in [5, 5.41) is 0. The number of nitrogens with two attached hydrogens (primary N) is 5. The lowest BCUT2D eigenvalue weighted by Crippen LogP contribution is -2.70. The molecular weight excluding hydrogens is 158 g/mol. The molecule has 5 atom stereocenters. The molecular formula is C6H17N5O. The van der Waals surface area contributed by atoms with Gasteiger partial charge in [0.15, 0.2) is 0 Å². The largest absolute Gasteiger partial charge is 0.356 e. The molecule has 0 saturated carbocycles. The van der Waals surface area contributed by atoms with Crippen LogP contribution in [0.5, 0.6) is 0 Å². The summed E-state index contributed by atoms with van der Waals surface area (Å²) in [4.78, 5) is 0. The van der Waals surface area contributed by atoms with Crippen LogP contribution in [0.15, 0.2) is 0 Å². The normalized spacial score (nSPS) is 49.2. The van der Waals surface area contributed by atoms with Crippen LogP contribution < -0.4 is 28.7 Å². The quantitative estimate of drug-likeness (QED) is 0.281. The molecule has 0 aromatic rings. The second kappa shape index (κ2) is 3.65. The van der Waals surface area contributed by atoms with Crippen LogP contribution in [0.4, 0.5) is 0 Å². The van der Waals surface area contributed by atoms with E-state index in [1.807, 2.05) is 0 Å². The van der Waals surface area contributed by atoms with Gasteiger partial charge in [-0.15, -0.1) is 0 Å². The molecule has 1 saturated heterocycles. The van der Waals surface area contributed by atoms with E-state index in [-0.39, 0.29) is 18.2 Å². The van der Waals surface area contributed by atoms with Crippen molar-refractivity contribution in [2.24, 2.45) is 28.7 Å². The number of hydrogen-bond donors (Lipinski definition) is 5. The van der Waals surface area contributed by atoms with E-state index in [1.54, 1.807) is 0 Å². The highest BCUT2D eigenvalue weighted by molar-refractivity contribution is 4.97. The molecule has 0 aromatic carbocycles. The molecule has 0 spiro atoms. The molecule has 0 bridgehead atoms. The minimum Gasteiger partial charge on any atom is -0.356 e. The maximum atomic E-state index is 5.72. The zero-order valence-electron chi connectivity index (χ0n) is 6.89. The predicted molar refractivity (Wildman–Crippen MR) is 45.8 cm³/mol. The summed E-state index contributed by atoms with van der Waals surface area (Å²) in [5.74, 6) is 0. The van der Waals surface area contributed by atoms with Crippen LogP contribution in [0.1, 0.15) is 0 Å². The zero-order valence-corrected chi connectivity index (χ0v) is 6.89. The summed E-state index contributed by atoms with van der Waals surface area (Å²) in [6.45, 7) is 0.315. The molecule has 1 aliphatic rings. The molecule has 0 radical (unpaired) electrons. The van der Waals surface area contributed by atoms with E-state index in [2.05, 4.69) is 0 Å². The van der Waals surface area contributed by atoms with Crippen LogP contribution in [-0.2, 0) is 4.74 Å². The summed E-state index contributed by atoms with van der Waals surface area (Å²) in [6, 6.07) is -1.09. The molecule has 0 aliphatic carbocycles. The van der Waals surface area contributed by atoms with Crippen molar-refractivity contribution in [3.63, 3.8) is 0 Å². The van der Waals surface area contributed by atoms with E-state index in [0.717, 1.165) is 0 Å². The van der Waals surface area contributed by atoms with Crippen molar-refractivity contribution >= 4 is 0 Å². The van der Waals surface area contributed by atoms with Gasteiger partial charge in [-0.25, -0.2) is 0 Å². The Balaban J connectivity index is 2.63. The van der Waals surface area contributed by atoms with Gasteiger partial charge < -0.3 is 33.4 Å². The van der Waals surface area contributed by atoms with Gasteiger partial charge in [0.25, 0.3) is 0 Å². The molecule has 6 nitrogen and oxygen atoms in total. The van der Waals surface area contributed by atoms with Crippen LogP contribution in [-0.4, -0.2) is 37.0 Å². The SMILES string of the molecule is NCC1OC(N)C(N)C(N)C1N.